The van der Waals surface area contributed by atoms with Crippen molar-refractivity contribution in [1.82, 2.24) is 34.9 Å². The number of hydrogen-bond acceptors (Lipinski definition) is 5. The summed E-state index contributed by atoms with van der Waals surface area (Å²) in [6, 6.07) is 18.2. The van der Waals surface area contributed by atoms with Crippen LogP contribution in [0.3, 0.4) is 0 Å². The first-order valence-corrected chi connectivity index (χ1v) is 15.7. The van der Waals surface area contributed by atoms with Crippen LogP contribution < -0.4 is 10.6 Å². The van der Waals surface area contributed by atoms with Crippen LogP contribution in [0.15, 0.2) is 79.3 Å². The minimum atomic E-state index is -0.388. The number of aromatic nitrogens is 4. The molecule has 2 aliphatic heterocycles. The second kappa shape index (κ2) is 12.8. The summed E-state index contributed by atoms with van der Waals surface area (Å²) < 4.78 is 15.6. The van der Waals surface area contributed by atoms with Crippen molar-refractivity contribution >= 4 is 28.5 Å². The van der Waals surface area contributed by atoms with Gasteiger partial charge in [0.1, 0.15) is 11.6 Å². The number of hydrogen-bond donors (Lipinski definition) is 3. The Balaban J connectivity index is 1.04. The number of amides is 3. The van der Waals surface area contributed by atoms with Gasteiger partial charge in [-0.15, -0.1) is 0 Å². The number of para-hydroxylation sites is 1. The Labute approximate surface area is 266 Å². The van der Waals surface area contributed by atoms with Gasteiger partial charge in [-0.1, -0.05) is 36.4 Å². The summed E-state index contributed by atoms with van der Waals surface area (Å²) in [4.78, 5) is 35.2. The van der Waals surface area contributed by atoms with Gasteiger partial charge in [0.15, 0.2) is 0 Å². The van der Waals surface area contributed by atoms with Crippen LogP contribution in [0.25, 0.3) is 10.9 Å². The number of carbonyl (C=O) groups is 2. The lowest BCUT2D eigenvalue weighted by Crippen LogP contribution is -2.51. The number of fused-ring (bicyclic) bond motifs is 2. The van der Waals surface area contributed by atoms with Crippen LogP contribution >= 0.6 is 0 Å². The van der Waals surface area contributed by atoms with Gasteiger partial charge in [-0.05, 0) is 72.7 Å². The van der Waals surface area contributed by atoms with Crippen LogP contribution in [0, 0.1) is 12.7 Å². The quantitative estimate of drug-likeness (QED) is 0.211. The molecule has 0 bridgehead atoms. The number of anilines is 1. The van der Waals surface area contributed by atoms with Gasteiger partial charge in [-0.3, -0.25) is 14.8 Å². The number of halogens is 1. The number of piperidine rings is 1. The molecule has 10 nitrogen and oxygen atoms in total. The Kier molecular flexibility index (Phi) is 8.23. The zero-order valence-electron chi connectivity index (χ0n) is 25.7. The Morgan fingerprint density at radius 1 is 1.09 bits per heavy atom. The summed E-state index contributed by atoms with van der Waals surface area (Å²) in [5.74, 6) is 0.376. The van der Waals surface area contributed by atoms with E-state index in [4.69, 9.17) is 0 Å². The molecule has 1 atom stereocenters. The molecule has 1 unspecified atom stereocenters. The standard InChI is InChI=1S/C35H37FN8O2/c1-23-16-25(17-27-19-38-41-33(23)27)18-31(34-37-12-15-43(34)20-24-6-8-28(36)9-7-24)39-32(45)22-42-13-10-29(11-14-42)44-21-26-4-2-3-5-30(26)40-35(44)46/h2-9,12,15-17,19,29,31H,10-11,13-14,18,20-22H2,1H3,(H,38,41)(H,39,45)(H,40,46). The first kappa shape index (κ1) is 29.7. The fraction of sp³-hybridized carbons (Fsp3) is 0.314. The van der Waals surface area contributed by atoms with Crippen LogP contribution in [0.1, 0.15) is 47.0 Å². The first-order valence-electron chi connectivity index (χ1n) is 15.7. The SMILES string of the molecule is Cc1cc(CC(NC(=O)CN2CCC(N3Cc4ccccc4NC3=O)CC2)c2nccn2Cc2ccc(F)cc2)cc2cn[nH]c12. The second-order valence-corrected chi connectivity index (χ2v) is 12.3. The molecule has 0 saturated carbocycles. The predicted molar refractivity (Wildman–Crippen MR) is 174 cm³/mol. The highest BCUT2D eigenvalue weighted by Gasteiger charge is 2.32. The van der Waals surface area contributed by atoms with Crippen LogP contribution in [0.2, 0.25) is 0 Å². The minimum Gasteiger partial charge on any atom is -0.345 e. The van der Waals surface area contributed by atoms with Gasteiger partial charge in [0.2, 0.25) is 5.91 Å². The molecule has 0 spiro atoms. The highest BCUT2D eigenvalue weighted by molar-refractivity contribution is 5.92. The van der Waals surface area contributed by atoms with Crippen LogP contribution in [0.4, 0.5) is 14.9 Å². The molecule has 2 aliphatic rings. The number of urea groups is 1. The fourth-order valence-electron chi connectivity index (χ4n) is 6.77. The number of benzene rings is 3. The van der Waals surface area contributed by atoms with Crippen molar-refractivity contribution in [3.05, 3.63) is 113 Å². The molecule has 0 aliphatic carbocycles. The van der Waals surface area contributed by atoms with Crippen molar-refractivity contribution in [2.24, 2.45) is 0 Å². The molecule has 46 heavy (non-hydrogen) atoms. The first-order chi connectivity index (χ1) is 22.4. The average molecular weight is 621 g/mol. The smallest absolute Gasteiger partial charge is 0.322 e. The summed E-state index contributed by atoms with van der Waals surface area (Å²) in [5.41, 5.74) is 6.08. The number of nitrogens with one attached hydrogen (secondary N) is 3. The maximum Gasteiger partial charge on any atom is 0.322 e. The molecule has 3 N–H and O–H groups in total. The minimum absolute atomic E-state index is 0.0577. The molecule has 2 aromatic heterocycles. The van der Waals surface area contributed by atoms with Crippen molar-refractivity contribution in [3.8, 4) is 0 Å². The number of aryl methyl sites for hydroxylation is 1. The van der Waals surface area contributed by atoms with E-state index in [-0.39, 0.29) is 36.4 Å². The lowest BCUT2D eigenvalue weighted by Gasteiger charge is -2.40. The summed E-state index contributed by atoms with van der Waals surface area (Å²) >= 11 is 0. The molecule has 7 rings (SSSR count). The Hall–Kier alpha value is -5.03. The van der Waals surface area contributed by atoms with E-state index in [0.717, 1.165) is 70.6 Å². The van der Waals surface area contributed by atoms with Gasteiger partial charge in [-0.25, -0.2) is 14.2 Å². The largest absolute Gasteiger partial charge is 0.345 e. The molecule has 1 saturated heterocycles. The number of nitrogens with zero attached hydrogens (tertiary/aromatic N) is 5. The third-order valence-electron chi connectivity index (χ3n) is 9.13. The van der Waals surface area contributed by atoms with Crippen LogP contribution in [-0.4, -0.2) is 67.2 Å². The zero-order chi connectivity index (χ0) is 31.6. The van der Waals surface area contributed by atoms with E-state index >= 15 is 0 Å². The molecule has 3 amide bonds. The highest BCUT2D eigenvalue weighted by atomic mass is 19.1. The maximum absolute atomic E-state index is 13.6. The number of aromatic amines is 1. The lowest BCUT2D eigenvalue weighted by molar-refractivity contribution is -0.123. The molecule has 3 aromatic carbocycles. The zero-order valence-corrected chi connectivity index (χ0v) is 25.7. The van der Waals surface area contributed by atoms with E-state index < -0.39 is 0 Å². The summed E-state index contributed by atoms with van der Waals surface area (Å²) in [7, 11) is 0. The number of imidazole rings is 1. The van der Waals surface area contributed by atoms with E-state index in [1.165, 1.54) is 12.1 Å². The fourth-order valence-corrected chi connectivity index (χ4v) is 6.77. The Morgan fingerprint density at radius 3 is 2.72 bits per heavy atom. The van der Waals surface area contributed by atoms with Crippen LogP contribution in [-0.2, 0) is 24.3 Å². The summed E-state index contributed by atoms with van der Waals surface area (Å²) in [6.45, 7) is 4.86. The third kappa shape index (κ3) is 6.36. The molecule has 4 heterocycles. The average Bonchev–Trinajstić information content (AvgIpc) is 3.72. The van der Waals surface area contributed by atoms with Crippen molar-refractivity contribution < 1.29 is 14.0 Å². The van der Waals surface area contributed by atoms with E-state index in [2.05, 4.69) is 48.9 Å². The number of H-pyrrole nitrogens is 1. The molecule has 5 aromatic rings. The molecule has 11 heteroatoms. The van der Waals surface area contributed by atoms with Crippen molar-refractivity contribution in [2.75, 3.05) is 25.0 Å². The lowest BCUT2D eigenvalue weighted by atomic mass is 10.00. The maximum atomic E-state index is 13.6. The van der Waals surface area contributed by atoms with E-state index in [0.29, 0.717) is 19.5 Å². The predicted octanol–water partition coefficient (Wildman–Crippen LogP) is 5.17. The highest BCUT2D eigenvalue weighted by Crippen LogP contribution is 2.28. The topological polar surface area (TPSA) is 111 Å². The van der Waals surface area contributed by atoms with Gasteiger partial charge in [-0.2, -0.15) is 5.10 Å². The number of likely N-dealkylation sites (tertiary alicyclic amines) is 1. The van der Waals surface area contributed by atoms with Gasteiger partial charge in [0, 0.05) is 55.7 Å². The van der Waals surface area contributed by atoms with E-state index in [9.17, 15) is 14.0 Å². The second-order valence-electron chi connectivity index (χ2n) is 12.3. The Bertz CT molecular complexity index is 1860. The van der Waals surface area contributed by atoms with Gasteiger partial charge < -0.3 is 20.1 Å². The molecular formula is C35H37FN8O2. The molecule has 1 fully saturated rings. The molecular weight excluding hydrogens is 583 g/mol. The summed E-state index contributed by atoms with van der Waals surface area (Å²) in [5, 5.41) is 14.6. The normalized spacial score (nSPS) is 16.3. The van der Waals surface area contributed by atoms with Crippen LogP contribution in [0.5, 0.6) is 0 Å². The van der Waals surface area contributed by atoms with Crippen molar-refractivity contribution in [1.29, 1.82) is 0 Å². The number of carbonyl (C=O) groups excluding carboxylic acids is 2. The molecule has 236 valence electrons. The molecule has 0 radical (unpaired) electrons. The van der Waals surface area contributed by atoms with Gasteiger partial charge >= 0.3 is 6.03 Å². The van der Waals surface area contributed by atoms with Gasteiger partial charge in [0.05, 0.1) is 24.3 Å². The summed E-state index contributed by atoms with van der Waals surface area (Å²) in [6.07, 6.45) is 7.59. The van der Waals surface area contributed by atoms with E-state index in [1.54, 1.807) is 18.3 Å². The van der Waals surface area contributed by atoms with Crippen molar-refractivity contribution in [3.63, 3.8) is 0 Å². The van der Waals surface area contributed by atoms with Crippen molar-refractivity contribution in [2.45, 2.75) is 51.4 Å². The third-order valence-corrected chi connectivity index (χ3v) is 9.13. The Morgan fingerprint density at radius 2 is 1.89 bits per heavy atom. The monoisotopic (exact) mass is 620 g/mol. The van der Waals surface area contributed by atoms with Gasteiger partial charge in [0.25, 0.3) is 0 Å². The van der Waals surface area contributed by atoms with E-state index in [1.807, 2.05) is 47.0 Å². The number of rotatable bonds is 9.